The zero-order valence-electron chi connectivity index (χ0n) is 11.9. The van der Waals surface area contributed by atoms with Gasteiger partial charge >= 0.3 is 0 Å². The summed E-state index contributed by atoms with van der Waals surface area (Å²) >= 11 is 0. The third kappa shape index (κ3) is 3.58. The molecule has 1 nitrogen and oxygen atoms in total. The molecule has 1 aromatic rings. The summed E-state index contributed by atoms with van der Waals surface area (Å²) in [5, 5.41) is 3.78. The average Bonchev–Trinajstić information content (AvgIpc) is 2.40. The highest BCUT2D eigenvalue weighted by Crippen LogP contribution is 2.37. The van der Waals surface area contributed by atoms with Gasteiger partial charge in [0, 0.05) is 6.04 Å². The quantitative estimate of drug-likeness (QED) is 0.802. The molecule has 2 rings (SSSR count). The van der Waals surface area contributed by atoms with E-state index in [1.165, 1.54) is 37.7 Å². The molecular formula is C17H27N. The second kappa shape index (κ2) is 6.94. The third-order valence-electron chi connectivity index (χ3n) is 4.22. The molecule has 1 N–H and O–H groups in total. The number of hydrogen-bond donors (Lipinski definition) is 1. The minimum absolute atomic E-state index is 0.564. The Kier molecular flexibility index (Phi) is 5.25. The Morgan fingerprint density at radius 1 is 1.22 bits per heavy atom. The van der Waals surface area contributed by atoms with Gasteiger partial charge in [-0.2, -0.15) is 0 Å². The van der Waals surface area contributed by atoms with E-state index in [0.29, 0.717) is 6.04 Å². The molecule has 0 heterocycles. The lowest BCUT2D eigenvalue weighted by Gasteiger charge is -2.34. The van der Waals surface area contributed by atoms with E-state index >= 15 is 0 Å². The molecule has 0 radical (unpaired) electrons. The summed E-state index contributed by atoms with van der Waals surface area (Å²) in [6.07, 6.45) is 6.82. The second-order valence-corrected chi connectivity index (χ2v) is 5.87. The largest absolute Gasteiger partial charge is 0.310 e. The van der Waals surface area contributed by atoms with Gasteiger partial charge in [-0.15, -0.1) is 0 Å². The lowest BCUT2D eigenvalue weighted by molar-refractivity contribution is 0.224. The fourth-order valence-electron chi connectivity index (χ4n) is 3.30. The average molecular weight is 245 g/mol. The van der Waals surface area contributed by atoms with E-state index in [9.17, 15) is 0 Å². The summed E-state index contributed by atoms with van der Waals surface area (Å²) in [7, 11) is 0. The van der Waals surface area contributed by atoms with E-state index < -0.39 is 0 Å². The molecule has 0 spiro atoms. The van der Waals surface area contributed by atoms with Gasteiger partial charge in [0.25, 0.3) is 0 Å². The van der Waals surface area contributed by atoms with Crippen LogP contribution in [-0.4, -0.2) is 6.54 Å². The summed E-state index contributed by atoms with van der Waals surface area (Å²) in [5.74, 6) is 1.72. The monoisotopic (exact) mass is 245 g/mol. The van der Waals surface area contributed by atoms with Crippen LogP contribution >= 0.6 is 0 Å². The molecule has 18 heavy (non-hydrogen) atoms. The predicted octanol–water partition coefficient (Wildman–Crippen LogP) is 4.55. The highest BCUT2D eigenvalue weighted by atomic mass is 14.9. The van der Waals surface area contributed by atoms with Crippen molar-refractivity contribution in [3.8, 4) is 0 Å². The Bertz CT molecular complexity index is 333. The van der Waals surface area contributed by atoms with E-state index in [1.807, 2.05) is 0 Å². The first kappa shape index (κ1) is 13.6. The van der Waals surface area contributed by atoms with Gasteiger partial charge in [-0.1, -0.05) is 57.0 Å². The van der Waals surface area contributed by atoms with Gasteiger partial charge in [-0.3, -0.25) is 0 Å². The van der Waals surface area contributed by atoms with Crippen LogP contribution in [0.2, 0.25) is 0 Å². The summed E-state index contributed by atoms with van der Waals surface area (Å²) in [5.41, 5.74) is 1.48. The van der Waals surface area contributed by atoms with Crippen LogP contribution in [0.15, 0.2) is 30.3 Å². The number of nitrogens with one attached hydrogen (secondary N) is 1. The van der Waals surface area contributed by atoms with Crippen LogP contribution in [0.25, 0.3) is 0 Å². The number of rotatable bonds is 5. The molecule has 0 amide bonds. The van der Waals surface area contributed by atoms with Crippen LogP contribution in [0.1, 0.15) is 57.6 Å². The molecule has 1 saturated carbocycles. The van der Waals surface area contributed by atoms with Crippen LogP contribution in [0, 0.1) is 11.8 Å². The Morgan fingerprint density at radius 3 is 2.67 bits per heavy atom. The van der Waals surface area contributed by atoms with Crippen molar-refractivity contribution in [2.75, 3.05) is 6.54 Å². The fourth-order valence-corrected chi connectivity index (χ4v) is 3.30. The molecule has 0 bridgehead atoms. The van der Waals surface area contributed by atoms with Gasteiger partial charge in [0.15, 0.2) is 0 Å². The van der Waals surface area contributed by atoms with E-state index in [2.05, 4.69) is 49.5 Å². The molecule has 1 fully saturated rings. The van der Waals surface area contributed by atoms with Crippen LogP contribution in [0.3, 0.4) is 0 Å². The van der Waals surface area contributed by atoms with Gasteiger partial charge in [-0.05, 0) is 43.2 Å². The van der Waals surface area contributed by atoms with Crippen LogP contribution in [0.5, 0.6) is 0 Å². The highest BCUT2D eigenvalue weighted by Gasteiger charge is 2.27. The van der Waals surface area contributed by atoms with Crippen molar-refractivity contribution >= 4 is 0 Å². The summed E-state index contributed by atoms with van der Waals surface area (Å²) < 4.78 is 0. The van der Waals surface area contributed by atoms with Crippen LogP contribution in [0.4, 0.5) is 0 Å². The molecule has 0 aromatic heterocycles. The molecule has 3 atom stereocenters. The molecule has 1 aromatic carbocycles. The summed E-state index contributed by atoms with van der Waals surface area (Å²) in [6.45, 7) is 5.79. The lowest BCUT2D eigenvalue weighted by Crippen LogP contribution is -2.31. The first-order valence-electron chi connectivity index (χ1n) is 7.59. The van der Waals surface area contributed by atoms with E-state index in [1.54, 1.807) is 0 Å². The van der Waals surface area contributed by atoms with Crippen LogP contribution < -0.4 is 5.32 Å². The van der Waals surface area contributed by atoms with E-state index in [4.69, 9.17) is 0 Å². The summed E-state index contributed by atoms with van der Waals surface area (Å²) in [4.78, 5) is 0. The van der Waals surface area contributed by atoms with Crippen molar-refractivity contribution in [2.24, 2.45) is 11.8 Å². The van der Waals surface area contributed by atoms with Crippen molar-refractivity contribution < 1.29 is 0 Å². The number of hydrogen-bond acceptors (Lipinski definition) is 1. The standard InChI is InChI=1S/C17H27N/c1-3-12-18-17(15-9-5-4-6-10-15)16-11-7-8-14(2)13-16/h4-6,9-10,14,16-18H,3,7-8,11-13H2,1-2H3. The SMILES string of the molecule is CCCNC(c1ccccc1)C1CCCC(C)C1. The van der Waals surface area contributed by atoms with Gasteiger partial charge in [-0.25, -0.2) is 0 Å². The summed E-state index contributed by atoms with van der Waals surface area (Å²) in [6, 6.07) is 11.6. The maximum Gasteiger partial charge on any atom is 0.0348 e. The maximum atomic E-state index is 3.78. The molecular weight excluding hydrogens is 218 g/mol. The Balaban J connectivity index is 2.09. The smallest absolute Gasteiger partial charge is 0.0348 e. The van der Waals surface area contributed by atoms with E-state index in [-0.39, 0.29) is 0 Å². The molecule has 0 aliphatic heterocycles. The maximum absolute atomic E-state index is 3.78. The Morgan fingerprint density at radius 2 is 2.00 bits per heavy atom. The van der Waals surface area contributed by atoms with Crippen molar-refractivity contribution in [2.45, 2.75) is 52.0 Å². The topological polar surface area (TPSA) is 12.0 Å². The number of benzene rings is 1. The van der Waals surface area contributed by atoms with Gasteiger partial charge in [0.2, 0.25) is 0 Å². The fraction of sp³-hybridized carbons (Fsp3) is 0.647. The first-order chi connectivity index (χ1) is 8.81. The molecule has 100 valence electrons. The molecule has 0 saturated heterocycles. The molecule has 1 aliphatic carbocycles. The normalized spacial score (nSPS) is 25.9. The predicted molar refractivity (Wildman–Crippen MR) is 78.6 cm³/mol. The van der Waals surface area contributed by atoms with Crippen molar-refractivity contribution in [1.29, 1.82) is 0 Å². The van der Waals surface area contributed by atoms with Crippen molar-refractivity contribution in [3.63, 3.8) is 0 Å². The second-order valence-electron chi connectivity index (χ2n) is 5.87. The molecule has 1 aliphatic rings. The highest BCUT2D eigenvalue weighted by molar-refractivity contribution is 5.20. The molecule has 1 heteroatoms. The van der Waals surface area contributed by atoms with Crippen molar-refractivity contribution in [1.82, 2.24) is 5.32 Å². The van der Waals surface area contributed by atoms with Gasteiger partial charge < -0.3 is 5.32 Å². The minimum atomic E-state index is 0.564. The molecule has 3 unspecified atom stereocenters. The first-order valence-corrected chi connectivity index (χ1v) is 7.59. The van der Waals surface area contributed by atoms with Gasteiger partial charge in [0.1, 0.15) is 0 Å². The minimum Gasteiger partial charge on any atom is -0.310 e. The third-order valence-corrected chi connectivity index (χ3v) is 4.22. The zero-order valence-corrected chi connectivity index (χ0v) is 11.9. The van der Waals surface area contributed by atoms with Gasteiger partial charge in [0.05, 0.1) is 0 Å². The van der Waals surface area contributed by atoms with Crippen molar-refractivity contribution in [3.05, 3.63) is 35.9 Å². The Hall–Kier alpha value is -0.820. The zero-order chi connectivity index (χ0) is 12.8. The Labute approximate surface area is 112 Å². The van der Waals surface area contributed by atoms with E-state index in [0.717, 1.165) is 18.4 Å². The van der Waals surface area contributed by atoms with Crippen LogP contribution in [-0.2, 0) is 0 Å². The lowest BCUT2D eigenvalue weighted by atomic mass is 9.76.